The van der Waals surface area contributed by atoms with E-state index < -0.39 is 10.0 Å². The predicted octanol–water partition coefficient (Wildman–Crippen LogP) is 0.845. The lowest BCUT2D eigenvalue weighted by atomic mass is 10.3. The van der Waals surface area contributed by atoms with Crippen LogP contribution in [0.25, 0.3) is 10.2 Å². The Kier molecular flexibility index (Phi) is 5.35. The molecule has 10 heteroatoms. The van der Waals surface area contributed by atoms with E-state index in [9.17, 15) is 13.2 Å². The van der Waals surface area contributed by atoms with E-state index >= 15 is 0 Å². The molecule has 0 aliphatic carbocycles. The van der Waals surface area contributed by atoms with Crippen LogP contribution in [0.5, 0.6) is 5.75 Å². The summed E-state index contributed by atoms with van der Waals surface area (Å²) in [5, 5.41) is 0.743. The number of benzene rings is 1. The van der Waals surface area contributed by atoms with Crippen molar-refractivity contribution in [2.45, 2.75) is 0 Å². The van der Waals surface area contributed by atoms with E-state index in [4.69, 9.17) is 4.74 Å². The molecule has 3 rings (SSSR count). The lowest BCUT2D eigenvalue weighted by molar-refractivity contribution is -0.130. The second-order valence-corrected chi connectivity index (χ2v) is 9.19. The number of likely N-dealkylation sites (N-methyl/N-ethyl adjacent to an activating group) is 1. The van der Waals surface area contributed by atoms with Crippen LogP contribution in [0.15, 0.2) is 18.2 Å². The van der Waals surface area contributed by atoms with Gasteiger partial charge in [-0.25, -0.2) is 13.4 Å². The zero-order valence-corrected chi connectivity index (χ0v) is 16.6. The highest BCUT2D eigenvalue weighted by molar-refractivity contribution is 7.88. The summed E-state index contributed by atoms with van der Waals surface area (Å²) in [6.45, 7) is 1.70. The summed E-state index contributed by atoms with van der Waals surface area (Å²) in [4.78, 5) is 20.6. The maximum absolute atomic E-state index is 12.5. The Morgan fingerprint density at radius 3 is 2.62 bits per heavy atom. The molecular formula is C16H22N4O4S2. The third-order valence-corrected chi connectivity index (χ3v) is 6.79. The van der Waals surface area contributed by atoms with Gasteiger partial charge in [-0.1, -0.05) is 17.4 Å². The Morgan fingerprint density at radius 2 is 2.00 bits per heavy atom. The number of nitrogens with zero attached hydrogens (tertiary/aromatic N) is 4. The van der Waals surface area contributed by atoms with Gasteiger partial charge in [0.1, 0.15) is 11.3 Å². The summed E-state index contributed by atoms with van der Waals surface area (Å²) in [7, 11) is 0.239. The molecule has 1 amide bonds. The smallest absolute Gasteiger partial charge is 0.242 e. The lowest BCUT2D eigenvalue weighted by Gasteiger charge is -2.34. The van der Waals surface area contributed by atoms with Gasteiger partial charge in [0.15, 0.2) is 5.13 Å². The van der Waals surface area contributed by atoms with Crippen molar-refractivity contribution in [2.75, 3.05) is 58.0 Å². The largest absolute Gasteiger partial charge is 0.494 e. The van der Waals surface area contributed by atoms with Crippen LogP contribution >= 0.6 is 11.3 Å². The number of methoxy groups -OCH3 is 1. The quantitative estimate of drug-likeness (QED) is 0.742. The highest BCUT2D eigenvalue weighted by atomic mass is 32.2. The standard InChI is InChI=1S/C16H22N4O4S2/c1-18(16-17-15-12(24-2)5-4-6-13(15)25-16)11-14(21)19-7-9-20(10-8-19)26(3,22)23/h4-6H,7-11H2,1-3H3. The maximum Gasteiger partial charge on any atom is 0.242 e. The molecule has 8 nitrogen and oxygen atoms in total. The van der Waals surface area contributed by atoms with E-state index in [1.54, 1.807) is 12.0 Å². The summed E-state index contributed by atoms with van der Waals surface area (Å²) in [6, 6.07) is 5.74. The number of para-hydroxylation sites is 1. The van der Waals surface area contributed by atoms with E-state index in [0.717, 1.165) is 15.3 Å². The third-order valence-electron chi connectivity index (χ3n) is 4.35. The van der Waals surface area contributed by atoms with Gasteiger partial charge >= 0.3 is 0 Å². The molecule has 0 N–H and O–H groups in total. The average molecular weight is 399 g/mol. The number of thiazole rings is 1. The Hall–Kier alpha value is -1.91. The van der Waals surface area contributed by atoms with Crippen molar-refractivity contribution >= 4 is 42.6 Å². The molecule has 142 valence electrons. The van der Waals surface area contributed by atoms with Gasteiger partial charge in [-0.3, -0.25) is 4.79 Å². The molecule has 2 heterocycles. The van der Waals surface area contributed by atoms with Gasteiger partial charge in [0.2, 0.25) is 15.9 Å². The highest BCUT2D eigenvalue weighted by Gasteiger charge is 2.26. The third kappa shape index (κ3) is 3.92. The van der Waals surface area contributed by atoms with Gasteiger partial charge in [0.25, 0.3) is 0 Å². The van der Waals surface area contributed by atoms with Crippen LogP contribution in [0.1, 0.15) is 0 Å². The molecule has 1 fully saturated rings. The van der Waals surface area contributed by atoms with Crippen LogP contribution < -0.4 is 9.64 Å². The van der Waals surface area contributed by atoms with Crippen molar-refractivity contribution in [2.24, 2.45) is 0 Å². The van der Waals surface area contributed by atoms with E-state index in [1.165, 1.54) is 21.9 Å². The van der Waals surface area contributed by atoms with Crippen molar-refractivity contribution in [1.82, 2.24) is 14.2 Å². The first kappa shape index (κ1) is 18.9. The zero-order valence-electron chi connectivity index (χ0n) is 15.0. The minimum absolute atomic E-state index is 0.0353. The number of aromatic nitrogens is 1. The summed E-state index contributed by atoms with van der Waals surface area (Å²) in [5.41, 5.74) is 0.788. The van der Waals surface area contributed by atoms with Crippen LogP contribution in [0.4, 0.5) is 5.13 Å². The number of hydrogen-bond acceptors (Lipinski definition) is 7. The van der Waals surface area contributed by atoms with Gasteiger partial charge in [0.05, 0.1) is 24.6 Å². The van der Waals surface area contributed by atoms with Gasteiger partial charge < -0.3 is 14.5 Å². The molecule has 0 unspecified atom stereocenters. The number of carbonyl (C=O) groups is 1. The molecule has 0 bridgehead atoms. The first-order chi connectivity index (χ1) is 12.3. The molecular weight excluding hydrogens is 376 g/mol. The molecule has 0 radical (unpaired) electrons. The average Bonchev–Trinajstić information content (AvgIpc) is 3.05. The van der Waals surface area contributed by atoms with Crippen LogP contribution in [-0.2, 0) is 14.8 Å². The van der Waals surface area contributed by atoms with Gasteiger partial charge in [0, 0.05) is 33.2 Å². The zero-order chi connectivity index (χ0) is 18.9. The molecule has 0 spiro atoms. The van der Waals surface area contributed by atoms with Crippen molar-refractivity contribution in [3.05, 3.63) is 18.2 Å². The number of hydrogen-bond donors (Lipinski definition) is 0. The van der Waals surface area contributed by atoms with Crippen LogP contribution in [-0.4, -0.2) is 81.7 Å². The molecule has 1 saturated heterocycles. The number of ether oxygens (including phenoxy) is 1. The molecule has 1 aromatic carbocycles. The molecule has 1 aromatic heterocycles. The molecule has 2 aromatic rings. The summed E-state index contributed by atoms with van der Waals surface area (Å²) >= 11 is 1.50. The van der Waals surface area contributed by atoms with Gasteiger partial charge in [-0.2, -0.15) is 4.31 Å². The van der Waals surface area contributed by atoms with E-state index in [-0.39, 0.29) is 12.5 Å². The molecule has 1 aliphatic heterocycles. The topological polar surface area (TPSA) is 83.0 Å². The minimum atomic E-state index is -3.20. The molecule has 0 atom stereocenters. The first-order valence-electron chi connectivity index (χ1n) is 8.17. The van der Waals surface area contributed by atoms with E-state index in [0.29, 0.717) is 31.9 Å². The lowest BCUT2D eigenvalue weighted by Crippen LogP contribution is -2.52. The van der Waals surface area contributed by atoms with Crippen molar-refractivity contribution in [3.8, 4) is 5.75 Å². The van der Waals surface area contributed by atoms with Gasteiger partial charge in [-0.15, -0.1) is 0 Å². The number of fused-ring (bicyclic) bond motifs is 1. The fraction of sp³-hybridized carbons (Fsp3) is 0.500. The molecule has 0 saturated carbocycles. The summed E-state index contributed by atoms with van der Waals surface area (Å²) < 4.78 is 30.9. The van der Waals surface area contributed by atoms with Gasteiger partial charge in [-0.05, 0) is 12.1 Å². The van der Waals surface area contributed by atoms with Crippen LogP contribution in [0.3, 0.4) is 0 Å². The van der Waals surface area contributed by atoms with Crippen molar-refractivity contribution in [1.29, 1.82) is 0 Å². The second kappa shape index (κ2) is 7.37. The SMILES string of the molecule is COc1cccc2sc(N(C)CC(=O)N3CCN(S(C)(=O)=O)CC3)nc12. The molecule has 26 heavy (non-hydrogen) atoms. The van der Waals surface area contributed by atoms with E-state index in [2.05, 4.69) is 4.98 Å². The van der Waals surface area contributed by atoms with Crippen LogP contribution in [0.2, 0.25) is 0 Å². The number of amides is 1. The Labute approximate surface area is 157 Å². The fourth-order valence-corrected chi connectivity index (χ4v) is 4.65. The maximum atomic E-state index is 12.5. The molecule has 1 aliphatic rings. The van der Waals surface area contributed by atoms with Crippen LogP contribution in [0, 0.1) is 0 Å². The first-order valence-corrected chi connectivity index (χ1v) is 10.8. The minimum Gasteiger partial charge on any atom is -0.494 e. The van der Waals surface area contributed by atoms with E-state index in [1.807, 2.05) is 30.1 Å². The number of anilines is 1. The summed E-state index contributed by atoms with van der Waals surface area (Å²) in [5.74, 6) is 0.675. The number of sulfonamides is 1. The Bertz CT molecular complexity index is 904. The monoisotopic (exact) mass is 398 g/mol. The number of piperazine rings is 1. The predicted molar refractivity (Wildman–Crippen MR) is 102 cm³/mol. The van der Waals surface area contributed by atoms with Crippen molar-refractivity contribution < 1.29 is 17.9 Å². The number of carbonyl (C=O) groups excluding carboxylic acids is 1. The second-order valence-electron chi connectivity index (χ2n) is 6.20. The van der Waals surface area contributed by atoms with Crippen molar-refractivity contribution in [3.63, 3.8) is 0 Å². The number of rotatable bonds is 5. The Balaban J connectivity index is 1.65. The summed E-state index contributed by atoms with van der Waals surface area (Å²) in [6.07, 6.45) is 1.19. The Morgan fingerprint density at radius 1 is 1.31 bits per heavy atom. The normalized spacial score (nSPS) is 16.0. The highest BCUT2D eigenvalue weighted by Crippen LogP contribution is 2.33. The fourth-order valence-electron chi connectivity index (χ4n) is 2.88.